The molecule has 0 fully saturated rings. The Morgan fingerprint density at radius 1 is 0.293 bits per heavy atom. The third-order valence-corrected chi connectivity index (χ3v) is 8.49. The van der Waals surface area contributed by atoms with Gasteiger partial charge in [-0.1, -0.05) is 72.8 Å². The maximum absolute atomic E-state index is 2.38. The summed E-state index contributed by atoms with van der Waals surface area (Å²) in [5, 5.41) is 6.39. The number of para-hydroxylation sites is 4. The van der Waals surface area contributed by atoms with Gasteiger partial charge < -0.3 is 13.7 Å². The summed E-state index contributed by atoms with van der Waals surface area (Å²) in [7, 11) is 0. The van der Waals surface area contributed by atoms with Crippen LogP contribution in [0.15, 0.2) is 152 Å². The zero-order valence-corrected chi connectivity index (χ0v) is 22.3. The van der Waals surface area contributed by atoms with Crippen molar-refractivity contribution in [1.82, 2.24) is 13.7 Å². The van der Waals surface area contributed by atoms with Gasteiger partial charge in [-0.05, 0) is 72.8 Å². The van der Waals surface area contributed by atoms with Crippen LogP contribution in [0.3, 0.4) is 0 Å². The van der Waals surface area contributed by atoms with E-state index in [4.69, 9.17) is 0 Å². The summed E-state index contributed by atoms with van der Waals surface area (Å²) in [6, 6.07) is 52.4. The first-order valence-corrected chi connectivity index (χ1v) is 14.0. The fourth-order valence-electron chi connectivity index (χ4n) is 6.73. The normalized spacial score (nSPS) is 11.9. The number of rotatable bonds is 3. The third-order valence-electron chi connectivity index (χ3n) is 8.49. The first-order valence-electron chi connectivity index (χ1n) is 14.0. The zero-order chi connectivity index (χ0) is 26.9. The van der Waals surface area contributed by atoms with Crippen LogP contribution in [0.25, 0.3) is 71.6 Å². The molecule has 3 heterocycles. The molecule has 41 heavy (non-hydrogen) atoms. The van der Waals surface area contributed by atoms with E-state index in [-0.39, 0.29) is 0 Å². The van der Waals surface area contributed by atoms with Crippen molar-refractivity contribution in [2.24, 2.45) is 0 Å². The monoisotopic (exact) mass is 523 g/mol. The Labute approximate surface area is 236 Å². The summed E-state index contributed by atoms with van der Waals surface area (Å²) in [5.74, 6) is 0. The standard InChI is InChI=1S/C38H25N3/c1-2-10-27(11-3-1)41-36-17-9-6-14-31(36)38-32-24-25-39(33(32)22-23-37(38)41)26-18-20-28(21-19-26)40-34-15-7-4-12-29(34)30-13-5-8-16-35(30)40/h1-25H. The lowest BCUT2D eigenvalue weighted by Crippen LogP contribution is -1.96. The Morgan fingerprint density at radius 2 is 0.756 bits per heavy atom. The average molecular weight is 524 g/mol. The Hall–Kier alpha value is -5.54. The van der Waals surface area contributed by atoms with E-state index < -0.39 is 0 Å². The Morgan fingerprint density at radius 3 is 1.44 bits per heavy atom. The van der Waals surface area contributed by atoms with Gasteiger partial charge in [0.05, 0.1) is 27.6 Å². The third kappa shape index (κ3) is 3.14. The smallest absolute Gasteiger partial charge is 0.0548 e. The molecule has 3 aromatic heterocycles. The van der Waals surface area contributed by atoms with E-state index in [1.54, 1.807) is 0 Å². The van der Waals surface area contributed by atoms with E-state index in [0.29, 0.717) is 0 Å². The van der Waals surface area contributed by atoms with Gasteiger partial charge in [-0.25, -0.2) is 0 Å². The van der Waals surface area contributed by atoms with Crippen LogP contribution >= 0.6 is 0 Å². The second kappa shape index (κ2) is 8.48. The van der Waals surface area contributed by atoms with Crippen molar-refractivity contribution in [3.05, 3.63) is 152 Å². The molecular formula is C38H25N3. The van der Waals surface area contributed by atoms with Crippen molar-refractivity contribution in [1.29, 1.82) is 0 Å². The van der Waals surface area contributed by atoms with E-state index in [2.05, 4.69) is 165 Å². The van der Waals surface area contributed by atoms with Crippen molar-refractivity contribution >= 4 is 54.5 Å². The average Bonchev–Trinajstić information content (AvgIpc) is 3.72. The van der Waals surface area contributed by atoms with Gasteiger partial charge in [0.25, 0.3) is 0 Å². The molecule has 192 valence electrons. The minimum Gasteiger partial charge on any atom is -0.317 e. The minimum atomic E-state index is 1.15. The SMILES string of the molecule is c1ccc(-n2c3ccccc3c3c4ccn(-c5ccc(-n6c7ccccc7c7ccccc76)cc5)c4ccc32)cc1. The van der Waals surface area contributed by atoms with Gasteiger partial charge in [0.15, 0.2) is 0 Å². The Bertz CT molecular complexity index is 2350. The highest BCUT2D eigenvalue weighted by Crippen LogP contribution is 2.38. The molecule has 0 saturated heterocycles. The number of nitrogens with zero attached hydrogens (tertiary/aromatic N) is 3. The second-order valence-electron chi connectivity index (χ2n) is 10.7. The van der Waals surface area contributed by atoms with Crippen LogP contribution in [0.4, 0.5) is 0 Å². The topological polar surface area (TPSA) is 14.8 Å². The molecule has 0 unspecified atom stereocenters. The molecule has 0 amide bonds. The van der Waals surface area contributed by atoms with Crippen LogP contribution in [-0.2, 0) is 0 Å². The van der Waals surface area contributed by atoms with Gasteiger partial charge in [0, 0.05) is 50.2 Å². The van der Waals surface area contributed by atoms with Gasteiger partial charge >= 0.3 is 0 Å². The molecule has 3 heteroatoms. The minimum absolute atomic E-state index is 1.15. The Balaban J connectivity index is 1.22. The highest BCUT2D eigenvalue weighted by atomic mass is 15.0. The molecule has 0 spiro atoms. The number of aromatic nitrogens is 3. The molecule has 9 aromatic rings. The molecule has 0 aliphatic rings. The van der Waals surface area contributed by atoms with Crippen molar-refractivity contribution in [3.63, 3.8) is 0 Å². The van der Waals surface area contributed by atoms with Crippen LogP contribution in [0.2, 0.25) is 0 Å². The second-order valence-corrected chi connectivity index (χ2v) is 10.7. The largest absolute Gasteiger partial charge is 0.317 e. The number of hydrogen-bond donors (Lipinski definition) is 0. The molecule has 0 bridgehead atoms. The lowest BCUT2D eigenvalue weighted by molar-refractivity contribution is 1.11. The van der Waals surface area contributed by atoms with E-state index in [9.17, 15) is 0 Å². The molecule has 9 rings (SSSR count). The maximum Gasteiger partial charge on any atom is 0.0548 e. The van der Waals surface area contributed by atoms with Crippen molar-refractivity contribution in [2.75, 3.05) is 0 Å². The van der Waals surface area contributed by atoms with Gasteiger partial charge in [-0.15, -0.1) is 0 Å². The summed E-state index contributed by atoms with van der Waals surface area (Å²) >= 11 is 0. The fraction of sp³-hybridized carbons (Fsp3) is 0. The van der Waals surface area contributed by atoms with E-state index in [0.717, 1.165) is 11.4 Å². The number of benzene rings is 6. The molecule has 0 aliphatic carbocycles. The highest BCUT2D eigenvalue weighted by molar-refractivity contribution is 6.21. The zero-order valence-electron chi connectivity index (χ0n) is 22.3. The fourth-order valence-corrected chi connectivity index (χ4v) is 6.73. The molecule has 0 saturated carbocycles. The summed E-state index contributed by atoms with van der Waals surface area (Å²) in [6.45, 7) is 0. The molecular weight excluding hydrogens is 498 g/mol. The highest BCUT2D eigenvalue weighted by Gasteiger charge is 2.17. The van der Waals surface area contributed by atoms with Gasteiger partial charge in [0.1, 0.15) is 0 Å². The lowest BCUT2D eigenvalue weighted by atomic mass is 10.1. The molecule has 6 aromatic carbocycles. The lowest BCUT2D eigenvalue weighted by Gasteiger charge is -2.11. The van der Waals surface area contributed by atoms with Gasteiger partial charge in [-0.2, -0.15) is 0 Å². The first-order chi connectivity index (χ1) is 20.4. The molecule has 0 atom stereocenters. The number of fused-ring (bicyclic) bond motifs is 8. The van der Waals surface area contributed by atoms with Crippen LogP contribution in [0, 0.1) is 0 Å². The van der Waals surface area contributed by atoms with E-state index in [1.807, 2.05) is 0 Å². The number of hydrogen-bond acceptors (Lipinski definition) is 0. The van der Waals surface area contributed by atoms with Gasteiger partial charge in [0.2, 0.25) is 0 Å². The van der Waals surface area contributed by atoms with Crippen molar-refractivity contribution in [3.8, 4) is 17.1 Å². The molecule has 0 radical (unpaired) electrons. The molecule has 0 N–H and O–H groups in total. The predicted molar refractivity (Wildman–Crippen MR) is 172 cm³/mol. The Kier molecular flexibility index (Phi) is 4.61. The van der Waals surface area contributed by atoms with Crippen LogP contribution in [-0.4, -0.2) is 13.7 Å². The van der Waals surface area contributed by atoms with Gasteiger partial charge in [-0.3, -0.25) is 0 Å². The van der Waals surface area contributed by atoms with Crippen molar-refractivity contribution < 1.29 is 0 Å². The molecule has 0 aliphatic heterocycles. The van der Waals surface area contributed by atoms with E-state index >= 15 is 0 Å². The van der Waals surface area contributed by atoms with Crippen LogP contribution in [0.5, 0.6) is 0 Å². The first kappa shape index (κ1) is 22.3. The quantitative estimate of drug-likeness (QED) is 0.219. The molecule has 3 nitrogen and oxygen atoms in total. The van der Waals surface area contributed by atoms with Crippen molar-refractivity contribution in [2.45, 2.75) is 0 Å². The summed E-state index contributed by atoms with van der Waals surface area (Å²) in [5.41, 5.74) is 9.60. The summed E-state index contributed by atoms with van der Waals surface area (Å²) in [4.78, 5) is 0. The van der Waals surface area contributed by atoms with Crippen LogP contribution < -0.4 is 0 Å². The maximum atomic E-state index is 2.38. The van der Waals surface area contributed by atoms with Crippen LogP contribution in [0.1, 0.15) is 0 Å². The summed E-state index contributed by atoms with van der Waals surface area (Å²) < 4.78 is 7.05. The summed E-state index contributed by atoms with van der Waals surface area (Å²) in [6.07, 6.45) is 2.20. The predicted octanol–water partition coefficient (Wildman–Crippen LogP) is 9.82. The van der Waals surface area contributed by atoms with E-state index in [1.165, 1.54) is 60.2 Å².